The van der Waals surface area contributed by atoms with Gasteiger partial charge in [-0.05, 0) is 23.8 Å². The normalized spacial score (nSPS) is 12.6. The average Bonchev–Trinajstić information content (AvgIpc) is 3.03. The summed E-state index contributed by atoms with van der Waals surface area (Å²) in [7, 11) is 0. The van der Waals surface area contributed by atoms with Crippen molar-refractivity contribution in [2.75, 3.05) is 18.0 Å². The molecule has 7 heteroatoms. The number of hydrogen-bond acceptors (Lipinski definition) is 4. The molecule has 0 atom stereocenters. The number of hydrogen-bond donors (Lipinski definition) is 1. The van der Waals surface area contributed by atoms with Crippen LogP contribution in [0.2, 0.25) is 0 Å². The summed E-state index contributed by atoms with van der Waals surface area (Å²) in [5, 5.41) is 9.42. The SMILES string of the molecule is O=C(O)CN(C(=O)CN1C(=O)c2ccccc2C1=O)c1ccccc1-c1ccccc1. The van der Waals surface area contributed by atoms with E-state index >= 15 is 0 Å². The van der Waals surface area contributed by atoms with E-state index in [-0.39, 0.29) is 11.1 Å². The number of para-hydroxylation sites is 1. The average molecular weight is 414 g/mol. The van der Waals surface area contributed by atoms with Gasteiger partial charge in [0.15, 0.2) is 0 Å². The molecule has 0 fully saturated rings. The maximum absolute atomic E-state index is 13.2. The fourth-order valence-electron chi connectivity index (χ4n) is 3.62. The van der Waals surface area contributed by atoms with Crippen molar-refractivity contribution in [2.45, 2.75) is 0 Å². The Labute approximate surface area is 178 Å². The number of imide groups is 1. The van der Waals surface area contributed by atoms with Gasteiger partial charge in [0.25, 0.3) is 11.8 Å². The summed E-state index contributed by atoms with van der Waals surface area (Å²) < 4.78 is 0. The van der Waals surface area contributed by atoms with Crippen LogP contribution >= 0.6 is 0 Å². The Morgan fingerprint density at radius 2 is 1.26 bits per heavy atom. The molecule has 1 aliphatic rings. The number of carboxylic acids is 1. The highest BCUT2D eigenvalue weighted by atomic mass is 16.4. The Balaban J connectivity index is 1.68. The number of benzene rings is 3. The van der Waals surface area contributed by atoms with Crippen LogP contribution in [0, 0.1) is 0 Å². The second kappa shape index (κ2) is 8.23. The first-order valence-electron chi connectivity index (χ1n) is 9.59. The van der Waals surface area contributed by atoms with Crippen LogP contribution in [0.1, 0.15) is 20.7 Å². The molecular weight excluding hydrogens is 396 g/mol. The van der Waals surface area contributed by atoms with Gasteiger partial charge in [0.1, 0.15) is 13.1 Å². The second-order valence-corrected chi connectivity index (χ2v) is 7.00. The number of fused-ring (bicyclic) bond motifs is 1. The molecule has 1 aliphatic heterocycles. The summed E-state index contributed by atoms with van der Waals surface area (Å²) in [6, 6.07) is 22.5. The van der Waals surface area contributed by atoms with E-state index in [2.05, 4.69) is 0 Å². The predicted molar refractivity (Wildman–Crippen MR) is 114 cm³/mol. The Morgan fingerprint density at radius 1 is 0.742 bits per heavy atom. The van der Waals surface area contributed by atoms with Gasteiger partial charge in [-0.15, -0.1) is 0 Å². The summed E-state index contributed by atoms with van der Waals surface area (Å²) in [6.45, 7) is -1.16. The largest absolute Gasteiger partial charge is 0.480 e. The molecule has 0 saturated carbocycles. The van der Waals surface area contributed by atoms with Crippen molar-refractivity contribution in [3.63, 3.8) is 0 Å². The van der Waals surface area contributed by atoms with E-state index in [0.717, 1.165) is 15.4 Å². The zero-order valence-corrected chi connectivity index (χ0v) is 16.4. The van der Waals surface area contributed by atoms with Crippen molar-refractivity contribution < 1.29 is 24.3 Å². The molecule has 1 heterocycles. The minimum atomic E-state index is -1.21. The topological polar surface area (TPSA) is 95.0 Å². The lowest BCUT2D eigenvalue weighted by Gasteiger charge is -2.25. The van der Waals surface area contributed by atoms with Crippen molar-refractivity contribution in [1.29, 1.82) is 0 Å². The van der Waals surface area contributed by atoms with Gasteiger partial charge in [-0.3, -0.25) is 29.0 Å². The van der Waals surface area contributed by atoms with E-state index in [9.17, 15) is 24.3 Å². The van der Waals surface area contributed by atoms with Crippen LogP contribution in [0.5, 0.6) is 0 Å². The summed E-state index contributed by atoms with van der Waals surface area (Å²) in [5.41, 5.74) is 2.32. The number of amides is 3. The van der Waals surface area contributed by atoms with Gasteiger partial charge in [-0.2, -0.15) is 0 Å². The quantitative estimate of drug-likeness (QED) is 0.626. The van der Waals surface area contributed by atoms with Gasteiger partial charge in [-0.1, -0.05) is 60.7 Å². The first-order valence-corrected chi connectivity index (χ1v) is 9.59. The molecule has 4 rings (SSSR count). The minimum Gasteiger partial charge on any atom is -0.480 e. The number of carbonyl (C=O) groups is 4. The number of carbonyl (C=O) groups excluding carboxylic acids is 3. The predicted octanol–water partition coefficient (Wildman–Crippen LogP) is 3.07. The van der Waals surface area contributed by atoms with Gasteiger partial charge in [-0.25, -0.2) is 0 Å². The molecule has 0 saturated heterocycles. The van der Waals surface area contributed by atoms with Gasteiger partial charge < -0.3 is 5.11 Å². The van der Waals surface area contributed by atoms with E-state index in [1.54, 1.807) is 36.4 Å². The molecule has 154 valence electrons. The Morgan fingerprint density at radius 3 is 1.84 bits per heavy atom. The van der Waals surface area contributed by atoms with Crippen molar-refractivity contribution in [1.82, 2.24) is 4.90 Å². The standard InChI is InChI=1S/C24H18N2O5/c27-21(14-26-23(30)18-11-4-5-12-19(18)24(26)31)25(15-22(28)29)20-13-7-6-10-17(20)16-8-2-1-3-9-16/h1-13H,14-15H2,(H,28,29). The molecule has 0 unspecified atom stereocenters. The summed E-state index contributed by atoms with van der Waals surface area (Å²) in [6.07, 6.45) is 0. The van der Waals surface area contributed by atoms with Crippen LogP contribution in [0.15, 0.2) is 78.9 Å². The zero-order chi connectivity index (χ0) is 22.0. The van der Waals surface area contributed by atoms with E-state index in [4.69, 9.17) is 0 Å². The number of rotatable bonds is 6. The maximum atomic E-state index is 13.2. The van der Waals surface area contributed by atoms with E-state index in [1.165, 1.54) is 12.1 Å². The lowest BCUT2D eigenvalue weighted by Crippen LogP contribution is -2.45. The highest BCUT2D eigenvalue weighted by Gasteiger charge is 2.37. The van der Waals surface area contributed by atoms with Crippen molar-refractivity contribution in [2.24, 2.45) is 0 Å². The molecule has 31 heavy (non-hydrogen) atoms. The third kappa shape index (κ3) is 3.81. The number of carboxylic acid groups (broad SMARTS) is 1. The molecule has 1 N–H and O–H groups in total. The Kier molecular flexibility index (Phi) is 5.32. The Hall–Kier alpha value is -4.26. The fraction of sp³-hybridized carbons (Fsp3) is 0.0833. The molecule has 3 aromatic carbocycles. The zero-order valence-electron chi connectivity index (χ0n) is 16.4. The first kappa shape index (κ1) is 20.0. The minimum absolute atomic E-state index is 0.231. The van der Waals surface area contributed by atoms with E-state index in [1.807, 2.05) is 30.3 Å². The van der Waals surface area contributed by atoms with Crippen molar-refractivity contribution in [3.05, 3.63) is 90.0 Å². The number of nitrogens with zero attached hydrogens (tertiary/aromatic N) is 2. The smallest absolute Gasteiger partial charge is 0.323 e. The summed E-state index contributed by atoms with van der Waals surface area (Å²) >= 11 is 0. The van der Waals surface area contributed by atoms with Crippen LogP contribution in [-0.4, -0.2) is 46.8 Å². The second-order valence-electron chi connectivity index (χ2n) is 7.00. The third-order valence-electron chi connectivity index (χ3n) is 5.05. The first-order chi connectivity index (χ1) is 15.0. The van der Waals surface area contributed by atoms with Gasteiger partial charge >= 0.3 is 5.97 Å². The van der Waals surface area contributed by atoms with Crippen molar-refractivity contribution >= 4 is 29.4 Å². The van der Waals surface area contributed by atoms with Crippen LogP contribution in [0.4, 0.5) is 5.69 Å². The van der Waals surface area contributed by atoms with E-state index in [0.29, 0.717) is 11.3 Å². The molecule has 0 bridgehead atoms. The van der Waals surface area contributed by atoms with Crippen LogP contribution < -0.4 is 4.90 Å². The number of anilines is 1. The molecule has 0 aromatic heterocycles. The van der Waals surface area contributed by atoms with Crippen LogP contribution in [0.25, 0.3) is 11.1 Å². The molecule has 3 amide bonds. The fourth-order valence-corrected chi connectivity index (χ4v) is 3.62. The highest BCUT2D eigenvalue weighted by molar-refractivity contribution is 6.23. The van der Waals surface area contributed by atoms with Crippen LogP contribution in [-0.2, 0) is 9.59 Å². The van der Waals surface area contributed by atoms with Crippen molar-refractivity contribution in [3.8, 4) is 11.1 Å². The summed E-state index contributed by atoms with van der Waals surface area (Å²) in [4.78, 5) is 51.9. The molecule has 7 nitrogen and oxygen atoms in total. The van der Waals surface area contributed by atoms with Gasteiger partial charge in [0.05, 0.1) is 16.8 Å². The van der Waals surface area contributed by atoms with E-state index < -0.39 is 36.8 Å². The lowest BCUT2D eigenvalue weighted by atomic mass is 10.0. The Bertz CT molecular complexity index is 1150. The van der Waals surface area contributed by atoms with Gasteiger partial charge in [0, 0.05) is 5.56 Å². The number of aliphatic carboxylic acids is 1. The third-order valence-corrected chi connectivity index (χ3v) is 5.05. The molecular formula is C24H18N2O5. The molecule has 0 spiro atoms. The van der Waals surface area contributed by atoms with Crippen LogP contribution in [0.3, 0.4) is 0 Å². The molecule has 0 radical (unpaired) electrons. The molecule has 0 aliphatic carbocycles. The highest BCUT2D eigenvalue weighted by Crippen LogP contribution is 2.31. The monoisotopic (exact) mass is 414 g/mol. The van der Waals surface area contributed by atoms with Gasteiger partial charge in [0.2, 0.25) is 5.91 Å². The maximum Gasteiger partial charge on any atom is 0.323 e. The summed E-state index contributed by atoms with van der Waals surface area (Å²) in [5.74, 6) is -3.01. The lowest BCUT2D eigenvalue weighted by molar-refractivity contribution is -0.136. The molecule has 3 aromatic rings.